The molecule has 2 aliphatic heterocycles. The molecule has 2 aliphatic rings. The van der Waals surface area contributed by atoms with Crippen LogP contribution in [0.15, 0.2) is 0 Å². The van der Waals surface area contributed by atoms with Crippen LogP contribution in [-0.2, 0) is 9.59 Å². The highest BCUT2D eigenvalue weighted by Gasteiger charge is 2.37. The van der Waals surface area contributed by atoms with Gasteiger partial charge in [-0.05, 0) is 33.1 Å². The van der Waals surface area contributed by atoms with Gasteiger partial charge in [0.05, 0.1) is 5.92 Å². The van der Waals surface area contributed by atoms with Gasteiger partial charge in [0.15, 0.2) is 0 Å². The third-order valence-electron chi connectivity index (χ3n) is 3.80. The number of amides is 2. The molecule has 2 heterocycles. The molecule has 2 amide bonds. The highest BCUT2D eigenvalue weighted by Crippen LogP contribution is 2.23. The first-order valence-corrected chi connectivity index (χ1v) is 6.68. The number of piperidine rings is 1. The van der Waals surface area contributed by atoms with Crippen molar-refractivity contribution in [2.45, 2.75) is 45.6 Å². The summed E-state index contributed by atoms with van der Waals surface area (Å²) in [5.74, 6) is 0.236. The molecule has 2 saturated heterocycles. The molecule has 17 heavy (non-hydrogen) atoms. The van der Waals surface area contributed by atoms with Crippen molar-refractivity contribution in [2.24, 2.45) is 5.92 Å². The topological polar surface area (TPSA) is 40.6 Å². The van der Waals surface area contributed by atoms with Gasteiger partial charge in [0.1, 0.15) is 0 Å². The Morgan fingerprint density at radius 2 is 1.88 bits per heavy atom. The smallest absolute Gasteiger partial charge is 0.227 e. The molecule has 0 aliphatic carbocycles. The van der Waals surface area contributed by atoms with Gasteiger partial charge in [0.2, 0.25) is 11.8 Å². The summed E-state index contributed by atoms with van der Waals surface area (Å²) < 4.78 is 0. The molecule has 0 radical (unpaired) electrons. The zero-order valence-corrected chi connectivity index (χ0v) is 10.8. The molecule has 0 spiro atoms. The lowest BCUT2D eigenvalue weighted by molar-refractivity contribution is -0.136. The van der Waals surface area contributed by atoms with E-state index in [1.165, 1.54) is 6.42 Å². The second-order valence-corrected chi connectivity index (χ2v) is 5.43. The predicted octanol–water partition coefficient (Wildman–Crippen LogP) is 1.26. The Morgan fingerprint density at radius 1 is 1.24 bits per heavy atom. The first-order chi connectivity index (χ1) is 8.09. The summed E-state index contributed by atoms with van der Waals surface area (Å²) in [7, 11) is 0. The van der Waals surface area contributed by atoms with E-state index in [0.717, 1.165) is 25.9 Å². The van der Waals surface area contributed by atoms with Crippen molar-refractivity contribution in [3.05, 3.63) is 0 Å². The SMILES string of the molecule is CC(C)N1CC(C(=O)N2CCCCC2)CC1=O. The number of rotatable bonds is 2. The molecule has 2 fully saturated rings. The summed E-state index contributed by atoms with van der Waals surface area (Å²) in [4.78, 5) is 27.8. The quantitative estimate of drug-likeness (QED) is 0.726. The fourth-order valence-corrected chi connectivity index (χ4v) is 2.77. The highest BCUT2D eigenvalue weighted by molar-refractivity contribution is 5.89. The van der Waals surface area contributed by atoms with Gasteiger partial charge in [0.25, 0.3) is 0 Å². The van der Waals surface area contributed by atoms with Crippen LogP contribution < -0.4 is 0 Å². The number of carbonyl (C=O) groups is 2. The standard InChI is InChI=1S/C13H22N2O2/c1-10(2)15-9-11(8-12(15)16)13(17)14-6-4-3-5-7-14/h10-11H,3-9H2,1-2H3. The van der Waals surface area contributed by atoms with Crippen molar-refractivity contribution in [1.29, 1.82) is 0 Å². The molecule has 2 rings (SSSR count). The molecule has 0 bridgehead atoms. The van der Waals surface area contributed by atoms with Crippen LogP contribution in [0, 0.1) is 5.92 Å². The minimum Gasteiger partial charge on any atom is -0.342 e. The van der Waals surface area contributed by atoms with Crippen molar-refractivity contribution in [2.75, 3.05) is 19.6 Å². The highest BCUT2D eigenvalue weighted by atomic mass is 16.2. The summed E-state index contributed by atoms with van der Waals surface area (Å²) in [6.45, 7) is 6.39. The average molecular weight is 238 g/mol. The van der Waals surface area contributed by atoms with Crippen LogP contribution in [0.5, 0.6) is 0 Å². The third kappa shape index (κ3) is 2.61. The number of likely N-dealkylation sites (tertiary alicyclic amines) is 2. The Kier molecular flexibility index (Phi) is 3.69. The van der Waals surface area contributed by atoms with Gasteiger partial charge in [-0.2, -0.15) is 0 Å². The van der Waals surface area contributed by atoms with Crippen molar-refractivity contribution in [1.82, 2.24) is 9.80 Å². The van der Waals surface area contributed by atoms with Crippen LogP contribution in [0.2, 0.25) is 0 Å². The fourth-order valence-electron chi connectivity index (χ4n) is 2.77. The summed E-state index contributed by atoms with van der Waals surface area (Å²) >= 11 is 0. The molecule has 96 valence electrons. The van der Waals surface area contributed by atoms with E-state index in [4.69, 9.17) is 0 Å². The van der Waals surface area contributed by atoms with E-state index < -0.39 is 0 Å². The fraction of sp³-hybridized carbons (Fsp3) is 0.846. The van der Waals surface area contributed by atoms with E-state index in [1.807, 2.05) is 23.6 Å². The van der Waals surface area contributed by atoms with Gasteiger partial charge in [-0.1, -0.05) is 0 Å². The van der Waals surface area contributed by atoms with Crippen molar-refractivity contribution in [3.63, 3.8) is 0 Å². The van der Waals surface area contributed by atoms with Crippen LogP contribution in [0.3, 0.4) is 0 Å². The van der Waals surface area contributed by atoms with Crippen LogP contribution in [-0.4, -0.2) is 47.3 Å². The first-order valence-electron chi connectivity index (χ1n) is 6.68. The summed E-state index contributed by atoms with van der Waals surface area (Å²) in [5.41, 5.74) is 0. The molecule has 4 nitrogen and oxygen atoms in total. The summed E-state index contributed by atoms with van der Waals surface area (Å²) in [6, 6.07) is 0.210. The number of carbonyl (C=O) groups excluding carboxylic acids is 2. The average Bonchev–Trinajstić information content (AvgIpc) is 2.71. The molecule has 0 aromatic heterocycles. The van der Waals surface area contributed by atoms with Gasteiger partial charge in [0, 0.05) is 32.1 Å². The zero-order valence-electron chi connectivity index (χ0n) is 10.8. The number of hydrogen-bond acceptors (Lipinski definition) is 2. The molecule has 4 heteroatoms. The minimum absolute atomic E-state index is 0.0944. The van der Waals surface area contributed by atoms with Gasteiger partial charge in [-0.3, -0.25) is 9.59 Å². The molecular weight excluding hydrogens is 216 g/mol. The lowest BCUT2D eigenvalue weighted by atomic mass is 10.0. The molecule has 0 aromatic carbocycles. The Morgan fingerprint density at radius 3 is 2.41 bits per heavy atom. The number of nitrogens with zero attached hydrogens (tertiary/aromatic N) is 2. The maximum atomic E-state index is 12.3. The Labute approximate surface area is 103 Å². The van der Waals surface area contributed by atoms with Crippen LogP contribution in [0.25, 0.3) is 0 Å². The molecule has 1 atom stereocenters. The van der Waals surface area contributed by atoms with Crippen molar-refractivity contribution >= 4 is 11.8 Å². The second-order valence-electron chi connectivity index (χ2n) is 5.43. The van der Waals surface area contributed by atoms with Crippen molar-refractivity contribution in [3.8, 4) is 0 Å². The summed E-state index contributed by atoms with van der Waals surface area (Å²) in [5, 5.41) is 0. The van der Waals surface area contributed by atoms with E-state index >= 15 is 0 Å². The van der Waals surface area contributed by atoms with Crippen LogP contribution in [0.1, 0.15) is 39.5 Å². The van der Waals surface area contributed by atoms with E-state index in [-0.39, 0.29) is 23.8 Å². The first kappa shape index (κ1) is 12.4. The maximum absolute atomic E-state index is 12.3. The Balaban J connectivity index is 1.95. The lowest BCUT2D eigenvalue weighted by Crippen LogP contribution is -2.41. The third-order valence-corrected chi connectivity index (χ3v) is 3.80. The Hall–Kier alpha value is -1.06. The van der Waals surface area contributed by atoms with Gasteiger partial charge in [-0.25, -0.2) is 0 Å². The van der Waals surface area contributed by atoms with E-state index in [1.54, 1.807) is 0 Å². The molecule has 0 N–H and O–H groups in total. The minimum atomic E-state index is -0.0944. The van der Waals surface area contributed by atoms with E-state index in [0.29, 0.717) is 13.0 Å². The largest absolute Gasteiger partial charge is 0.342 e. The zero-order chi connectivity index (χ0) is 12.4. The monoisotopic (exact) mass is 238 g/mol. The normalized spacial score (nSPS) is 25.8. The molecular formula is C13H22N2O2. The predicted molar refractivity (Wildman–Crippen MR) is 65.4 cm³/mol. The van der Waals surface area contributed by atoms with E-state index in [2.05, 4.69) is 0 Å². The molecule has 1 unspecified atom stereocenters. The van der Waals surface area contributed by atoms with Crippen molar-refractivity contribution < 1.29 is 9.59 Å². The van der Waals surface area contributed by atoms with Crippen LogP contribution in [0.4, 0.5) is 0 Å². The Bertz CT molecular complexity index is 309. The lowest BCUT2D eigenvalue weighted by Gasteiger charge is -2.29. The molecule has 0 saturated carbocycles. The summed E-state index contributed by atoms with van der Waals surface area (Å²) in [6.07, 6.45) is 3.86. The van der Waals surface area contributed by atoms with Gasteiger partial charge >= 0.3 is 0 Å². The van der Waals surface area contributed by atoms with Crippen LogP contribution >= 0.6 is 0 Å². The van der Waals surface area contributed by atoms with Gasteiger partial charge in [-0.15, -0.1) is 0 Å². The van der Waals surface area contributed by atoms with E-state index in [9.17, 15) is 9.59 Å². The number of hydrogen-bond donors (Lipinski definition) is 0. The maximum Gasteiger partial charge on any atom is 0.227 e. The molecule has 0 aromatic rings. The second kappa shape index (κ2) is 5.07. The van der Waals surface area contributed by atoms with Gasteiger partial charge < -0.3 is 9.80 Å².